The van der Waals surface area contributed by atoms with Crippen LogP contribution in [0.5, 0.6) is 5.75 Å². The summed E-state index contributed by atoms with van der Waals surface area (Å²) in [5.74, 6) is -0.377. The van der Waals surface area contributed by atoms with Gasteiger partial charge in [-0.1, -0.05) is 77.0 Å². The van der Waals surface area contributed by atoms with E-state index in [9.17, 15) is 20.2 Å². The fraction of sp³-hybridized carbons (Fsp3) is 0.212. The maximum atomic E-state index is 14.6. The molecule has 0 aliphatic carbocycles. The average molecular weight is 621 g/mol. The number of nitrogens with zero attached hydrogens (tertiary/aromatic N) is 7. The molecule has 2 atom stereocenters. The molecule has 0 spiro atoms. The Morgan fingerprint density at radius 2 is 1.59 bits per heavy atom. The molecule has 1 heterocycles. The Kier molecular flexibility index (Phi) is 10.1. The normalized spacial score (nSPS) is 16.7. The van der Waals surface area contributed by atoms with Crippen molar-refractivity contribution in [2.24, 2.45) is 15.2 Å². The van der Waals surface area contributed by atoms with E-state index in [0.29, 0.717) is 41.2 Å². The van der Waals surface area contributed by atoms with Crippen molar-refractivity contribution in [3.8, 4) is 5.75 Å². The van der Waals surface area contributed by atoms with Crippen LogP contribution in [-0.4, -0.2) is 35.7 Å². The molecule has 12 nitrogen and oxygen atoms in total. The summed E-state index contributed by atoms with van der Waals surface area (Å²) >= 11 is 0. The first-order chi connectivity index (χ1) is 22.5. The van der Waals surface area contributed by atoms with Crippen molar-refractivity contribution in [1.29, 1.82) is 0 Å². The fourth-order valence-electron chi connectivity index (χ4n) is 5.17. The molecule has 2 N–H and O–H groups in total. The largest absolute Gasteiger partial charge is 0.494 e. The van der Waals surface area contributed by atoms with Crippen molar-refractivity contribution in [1.82, 2.24) is 5.32 Å². The minimum Gasteiger partial charge on any atom is -0.494 e. The first kappa shape index (κ1) is 31.6. The van der Waals surface area contributed by atoms with Gasteiger partial charge < -0.3 is 19.9 Å². The molecule has 0 aromatic heterocycles. The predicted molar refractivity (Wildman–Crippen MR) is 169 cm³/mol. The van der Waals surface area contributed by atoms with E-state index in [-0.39, 0.29) is 36.7 Å². The van der Waals surface area contributed by atoms with Crippen LogP contribution in [0.15, 0.2) is 112 Å². The van der Waals surface area contributed by atoms with Gasteiger partial charge in [0.25, 0.3) is 5.91 Å². The van der Waals surface area contributed by atoms with E-state index in [0.717, 1.165) is 0 Å². The lowest BCUT2D eigenvalue weighted by Gasteiger charge is -2.32. The van der Waals surface area contributed by atoms with Gasteiger partial charge in [0.1, 0.15) is 11.6 Å². The molecule has 1 aliphatic heterocycles. The molecule has 4 aromatic rings. The Morgan fingerprint density at radius 3 is 2.30 bits per heavy atom. The van der Waals surface area contributed by atoms with Crippen LogP contribution in [0.1, 0.15) is 34.8 Å². The molecular weight excluding hydrogens is 591 g/mol. The third kappa shape index (κ3) is 6.92. The van der Waals surface area contributed by atoms with Gasteiger partial charge in [-0.25, -0.2) is 9.38 Å². The summed E-state index contributed by atoms with van der Waals surface area (Å²) < 4.78 is 26.7. The first-order valence-corrected chi connectivity index (χ1v) is 14.4. The van der Waals surface area contributed by atoms with E-state index >= 15 is 0 Å². The molecule has 0 bridgehead atoms. The lowest BCUT2D eigenvalue weighted by Crippen LogP contribution is -2.49. The number of rotatable bonds is 13. The highest BCUT2D eigenvalue weighted by Crippen LogP contribution is 2.46. The molecule has 232 valence electrons. The van der Waals surface area contributed by atoms with Crippen molar-refractivity contribution < 1.29 is 23.8 Å². The molecule has 0 fully saturated rings. The molecule has 0 saturated carbocycles. The lowest BCUT2D eigenvalue weighted by molar-refractivity contribution is -0.129. The predicted octanol–water partition coefficient (Wildman–Crippen LogP) is 7.29. The summed E-state index contributed by atoms with van der Waals surface area (Å²) in [5, 5.41) is 19.6. The van der Waals surface area contributed by atoms with Crippen LogP contribution in [0, 0.1) is 5.82 Å². The van der Waals surface area contributed by atoms with Crippen LogP contribution in [0.2, 0.25) is 0 Å². The number of aliphatic hydroxyl groups is 1. The zero-order chi connectivity index (χ0) is 32.4. The number of amides is 1. The number of carbonyl (C=O) groups excluding carboxylic acids is 1. The minimum atomic E-state index is -1.74. The number of nitrogens with one attached hydrogen (secondary N) is 1. The number of azide groups is 2. The Bertz CT molecular complexity index is 1840. The first-order valence-electron chi connectivity index (χ1n) is 14.4. The molecule has 1 amide bonds. The van der Waals surface area contributed by atoms with E-state index in [2.05, 4.69) is 25.4 Å². The van der Waals surface area contributed by atoms with E-state index in [4.69, 9.17) is 19.6 Å². The average Bonchev–Trinajstić information content (AvgIpc) is 3.46. The van der Waals surface area contributed by atoms with E-state index in [1.54, 1.807) is 91.0 Å². The molecule has 13 heteroatoms. The van der Waals surface area contributed by atoms with Gasteiger partial charge >= 0.3 is 0 Å². The number of hydrogen-bond donors (Lipinski definition) is 2. The van der Waals surface area contributed by atoms with Gasteiger partial charge in [0.15, 0.2) is 11.6 Å². The highest BCUT2D eigenvalue weighted by atomic mass is 19.1. The molecule has 1 aliphatic rings. The van der Waals surface area contributed by atoms with Gasteiger partial charge in [-0.05, 0) is 47.0 Å². The van der Waals surface area contributed by atoms with Gasteiger partial charge in [0.2, 0.25) is 5.90 Å². The lowest BCUT2D eigenvalue weighted by atomic mass is 9.81. The summed E-state index contributed by atoms with van der Waals surface area (Å²) in [6.07, 6.45) is -0.734. The number of aliphatic imine (C=N–C) groups is 1. The second kappa shape index (κ2) is 14.7. The van der Waals surface area contributed by atoms with Crippen LogP contribution in [0.25, 0.3) is 20.9 Å². The summed E-state index contributed by atoms with van der Waals surface area (Å²) in [5.41, 5.74) is 19.1. The number of aliphatic hydroxyl groups excluding tert-OH is 1. The second-order valence-corrected chi connectivity index (χ2v) is 10.3. The molecule has 0 unspecified atom stereocenters. The molecule has 0 saturated heterocycles. The zero-order valence-corrected chi connectivity index (χ0v) is 24.5. The number of hydrogen-bond acceptors (Lipinski definition) is 7. The number of benzene rings is 4. The van der Waals surface area contributed by atoms with Gasteiger partial charge in [-0.2, -0.15) is 0 Å². The van der Waals surface area contributed by atoms with E-state index < -0.39 is 23.4 Å². The maximum absolute atomic E-state index is 14.6. The quantitative estimate of drug-likeness (QED) is 0.0690. The summed E-state index contributed by atoms with van der Waals surface area (Å²) in [6, 6.07) is 26.5. The highest BCUT2D eigenvalue weighted by molar-refractivity contribution is 6.01. The van der Waals surface area contributed by atoms with Gasteiger partial charge in [0.05, 0.1) is 6.61 Å². The number of halogens is 1. The van der Waals surface area contributed by atoms with Crippen LogP contribution >= 0.6 is 0 Å². The van der Waals surface area contributed by atoms with Gasteiger partial charge in [-0.15, -0.1) is 0 Å². The van der Waals surface area contributed by atoms with Gasteiger partial charge in [-0.3, -0.25) is 4.79 Å². The fourth-order valence-corrected chi connectivity index (χ4v) is 5.17. The van der Waals surface area contributed by atoms with E-state index in [1.165, 1.54) is 6.07 Å². The monoisotopic (exact) mass is 620 g/mol. The Morgan fingerprint density at radius 1 is 0.935 bits per heavy atom. The van der Waals surface area contributed by atoms with Crippen molar-refractivity contribution >= 4 is 23.2 Å². The number of carbonyl (C=O) groups is 1. The third-order valence-corrected chi connectivity index (χ3v) is 7.40. The Balaban J connectivity index is 1.65. The standard InChI is InChI=1S/C33H29FN8O4/c34-27-11-4-1-9-24(27)21-37-32(44)33(20-23-8-2-5-12-28(23)39-41-35)30(26-10-3-6-13-29(26)40-42-36)46-31(38-33)22-14-16-25(17-15-22)45-19-7-18-43/h1-6,8-17,30,43H,7,18-21H2,(H,37,44)/t30-,33-/m1/s1. The van der Waals surface area contributed by atoms with Crippen LogP contribution in [-0.2, 0) is 22.5 Å². The van der Waals surface area contributed by atoms with Crippen LogP contribution in [0.3, 0.4) is 0 Å². The second-order valence-electron chi connectivity index (χ2n) is 10.3. The highest BCUT2D eigenvalue weighted by Gasteiger charge is 2.54. The van der Waals surface area contributed by atoms with Crippen LogP contribution < -0.4 is 10.1 Å². The summed E-state index contributed by atoms with van der Waals surface area (Å²) in [4.78, 5) is 25.3. The molecule has 46 heavy (non-hydrogen) atoms. The SMILES string of the molecule is [N-]=[N+]=Nc1ccccc1C[C@@]1(C(=O)NCc2ccccc2F)N=C(c2ccc(OCCCO)cc2)O[C@@H]1c1ccccc1N=[N+]=[N-]. The smallest absolute Gasteiger partial charge is 0.252 e. The summed E-state index contributed by atoms with van der Waals surface area (Å²) in [7, 11) is 0. The zero-order valence-electron chi connectivity index (χ0n) is 24.5. The van der Waals surface area contributed by atoms with Gasteiger partial charge in [0, 0.05) is 63.9 Å². The van der Waals surface area contributed by atoms with E-state index in [1.807, 2.05) is 0 Å². The van der Waals surface area contributed by atoms with Crippen molar-refractivity contribution in [2.75, 3.05) is 13.2 Å². The van der Waals surface area contributed by atoms with Crippen LogP contribution in [0.4, 0.5) is 15.8 Å². The summed E-state index contributed by atoms with van der Waals surface area (Å²) in [6.45, 7) is 0.202. The third-order valence-electron chi connectivity index (χ3n) is 7.40. The molecule has 5 rings (SSSR count). The maximum Gasteiger partial charge on any atom is 0.252 e. The molecule has 0 radical (unpaired) electrons. The Labute approximate surface area is 263 Å². The topological polar surface area (TPSA) is 178 Å². The van der Waals surface area contributed by atoms with Crippen molar-refractivity contribution in [3.05, 3.63) is 146 Å². The number of ether oxygens (including phenoxy) is 2. The molecule has 4 aromatic carbocycles. The minimum absolute atomic E-state index is 0.00526. The van der Waals surface area contributed by atoms with Crippen molar-refractivity contribution in [2.45, 2.75) is 31.0 Å². The van der Waals surface area contributed by atoms with Crippen molar-refractivity contribution in [3.63, 3.8) is 0 Å². The Hall–Kier alpha value is -5.87. The molecular formula is C33H29FN8O4.